The second kappa shape index (κ2) is 8.40. The van der Waals surface area contributed by atoms with Crippen LogP contribution in [-0.2, 0) is 5.54 Å². The van der Waals surface area contributed by atoms with E-state index in [4.69, 9.17) is 16.0 Å². The second-order valence-corrected chi connectivity index (χ2v) is 11.7. The molecule has 2 fully saturated rings. The summed E-state index contributed by atoms with van der Waals surface area (Å²) in [5.41, 5.74) is 6.01. The number of thioether (sulfide) groups is 1. The van der Waals surface area contributed by atoms with Crippen molar-refractivity contribution in [2.24, 2.45) is 16.6 Å². The van der Waals surface area contributed by atoms with E-state index in [9.17, 15) is 9.50 Å². The molecule has 6 nitrogen and oxygen atoms in total. The Labute approximate surface area is 207 Å². The van der Waals surface area contributed by atoms with E-state index in [-0.39, 0.29) is 16.4 Å². The SMILES string of the molecule is C[C@@]1(O)CCN(C[C@]23C[C@H]2[C@@](C)(c2cc(/C=C(\F)c4ccc(C#N)cn4)ccc2F)N=C(N)S3)C1. The van der Waals surface area contributed by atoms with Crippen LogP contribution >= 0.6 is 11.8 Å². The highest BCUT2D eigenvalue weighted by Gasteiger charge is 2.67. The zero-order valence-electron chi connectivity index (χ0n) is 19.6. The van der Waals surface area contributed by atoms with E-state index in [2.05, 4.69) is 9.88 Å². The minimum atomic E-state index is -0.880. The molecule has 3 aliphatic rings. The number of aliphatic hydroxyl groups is 1. The molecule has 0 radical (unpaired) electrons. The van der Waals surface area contributed by atoms with Crippen molar-refractivity contribution in [3.05, 3.63) is 64.7 Å². The summed E-state index contributed by atoms with van der Waals surface area (Å²) in [4.78, 5) is 10.9. The van der Waals surface area contributed by atoms with Crippen LogP contribution in [0.25, 0.3) is 11.9 Å². The summed E-state index contributed by atoms with van der Waals surface area (Å²) >= 11 is 1.55. The van der Waals surface area contributed by atoms with E-state index >= 15 is 4.39 Å². The lowest BCUT2D eigenvalue weighted by Gasteiger charge is -2.36. The standard InChI is InChI=1S/C26H27F2N5OS/c1-24(34)7-8-33(14-24)15-26-11-22(26)25(2,32-23(30)35-26)18-9-16(3-5-19(18)27)10-20(28)21-6-4-17(12-29)13-31-21/h3-6,9-10,13,22,34H,7-8,11,14-15H2,1-2H3,(H2,30,32)/b20-10-/t22-,24+,25+,26+/m0/s1. The van der Waals surface area contributed by atoms with Crippen molar-refractivity contribution in [1.29, 1.82) is 5.26 Å². The van der Waals surface area contributed by atoms with Gasteiger partial charge in [-0.15, -0.1) is 0 Å². The number of likely N-dealkylation sites (tertiary alicyclic amines) is 1. The first kappa shape index (κ1) is 23.9. The van der Waals surface area contributed by atoms with Crippen LogP contribution in [0.1, 0.15) is 49.1 Å². The van der Waals surface area contributed by atoms with Crippen LogP contribution < -0.4 is 5.73 Å². The third-order valence-corrected chi connectivity index (χ3v) is 8.63. The minimum Gasteiger partial charge on any atom is -0.389 e. The monoisotopic (exact) mass is 495 g/mol. The molecule has 1 aromatic heterocycles. The van der Waals surface area contributed by atoms with Crippen LogP contribution in [0.3, 0.4) is 0 Å². The Bertz CT molecular complexity index is 1270. The molecular weight excluding hydrogens is 468 g/mol. The Kier molecular flexibility index (Phi) is 5.74. The Hall–Kier alpha value is -2.80. The molecule has 0 bridgehead atoms. The molecule has 9 heteroatoms. The molecule has 5 rings (SSSR count). The number of aromatic nitrogens is 1. The van der Waals surface area contributed by atoms with Crippen molar-refractivity contribution < 1.29 is 13.9 Å². The van der Waals surface area contributed by atoms with E-state index in [0.29, 0.717) is 28.4 Å². The molecule has 1 saturated heterocycles. The third kappa shape index (κ3) is 4.46. The summed E-state index contributed by atoms with van der Waals surface area (Å²) in [6, 6.07) is 9.37. The van der Waals surface area contributed by atoms with Gasteiger partial charge in [-0.2, -0.15) is 5.26 Å². The Morgan fingerprint density at radius 3 is 2.83 bits per heavy atom. The molecule has 35 heavy (non-hydrogen) atoms. The summed E-state index contributed by atoms with van der Waals surface area (Å²) in [6.07, 6.45) is 4.17. The molecule has 4 atom stereocenters. The van der Waals surface area contributed by atoms with Crippen LogP contribution in [0, 0.1) is 23.1 Å². The number of β-amino-alcohol motifs (C(OH)–C–C–N with tert-alkyl or cyclic N) is 1. The van der Waals surface area contributed by atoms with E-state index in [1.54, 1.807) is 17.8 Å². The lowest BCUT2D eigenvalue weighted by molar-refractivity contribution is 0.0684. The van der Waals surface area contributed by atoms with Crippen LogP contribution in [0.15, 0.2) is 41.5 Å². The molecule has 1 aromatic carbocycles. The average Bonchev–Trinajstić information content (AvgIpc) is 3.42. The number of rotatable bonds is 5. The first-order valence-corrected chi connectivity index (χ1v) is 12.4. The lowest BCUT2D eigenvalue weighted by atomic mass is 9.84. The minimum absolute atomic E-state index is 0.0663. The highest BCUT2D eigenvalue weighted by atomic mass is 32.2. The van der Waals surface area contributed by atoms with E-state index in [1.165, 1.54) is 36.5 Å². The predicted molar refractivity (Wildman–Crippen MR) is 133 cm³/mol. The van der Waals surface area contributed by atoms with Crippen molar-refractivity contribution in [2.45, 2.75) is 42.6 Å². The topological polar surface area (TPSA) is 98.5 Å². The molecule has 2 aromatic rings. The number of fused-ring (bicyclic) bond motifs is 1. The van der Waals surface area contributed by atoms with Crippen LogP contribution in [0.2, 0.25) is 0 Å². The Morgan fingerprint density at radius 1 is 1.37 bits per heavy atom. The maximum Gasteiger partial charge on any atom is 0.155 e. The van der Waals surface area contributed by atoms with Gasteiger partial charge < -0.3 is 10.8 Å². The number of nitrogens with two attached hydrogens (primary N) is 1. The number of halogens is 2. The van der Waals surface area contributed by atoms with Gasteiger partial charge in [0.25, 0.3) is 0 Å². The normalized spacial score (nSPS) is 32.6. The molecule has 1 aliphatic carbocycles. The lowest BCUT2D eigenvalue weighted by Crippen LogP contribution is -2.42. The summed E-state index contributed by atoms with van der Waals surface area (Å²) in [6.45, 7) is 5.92. The number of amidine groups is 1. The van der Waals surface area contributed by atoms with Gasteiger partial charge in [-0.25, -0.2) is 8.78 Å². The largest absolute Gasteiger partial charge is 0.389 e. The fraction of sp³-hybridized carbons (Fsp3) is 0.423. The summed E-state index contributed by atoms with van der Waals surface area (Å²) in [7, 11) is 0. The fourth-order valence-corrected chi connectivity index (χ4v) is 7.02. The van der Waals surface area contributed by atoms with Gasteiger partial charge in [0.2, 0.25) is 0 Å². The number of benzene rings is 1. The van der Waals surface area contributed by atoms with Crippen LogP contribution in [0.4, 0.5) is 8.78 Å². The maximum absolute atomic E-state index is 15.2. The van der Waals surface area contributed by atoms with E-state index in [1.807, 2.05) is 19.9 Å². The Balaban J connectivity index is 1.44. The van der Waals surface area contributed by atoms with E-state index in [0.717, 1.165) is 25.9 Å². The molecule has 3 heterocycles. The molecule has 1 saturated carbocycles. The molecule has 0 spiro atoms. The number of aliphatic imine (C=N–C) groups is 1. The van der Waals surface area contributed by atoms with Crippen LogP contribution in [-0.4, -0.2) is 50.1 Å². The number of pyridine rings is 1. The van der Waals surface area contributed by atoms with Gasteiger partial charge in [-0.1, -0.05) is 17.8 Å². The van der Waals surface area contributed by atoms with Crippen molar-refractivity contribution in [1.82, 2.24) is 9.88 Å². The number of hydrogen-bond donors (Lipinski definition) is 2. The average molecular weight is 496 g/mol. The van der Waals surface area contributed by atoms with Crippen molar-refractivity contribution in [3.63, 3.8) is 0 Å². The van der Waals surface area contributed by atoms with Gasteiger partial charge in [-0.05, 0) is 62.6 Å². The van der Waals surface area contributed by atoms with Crippen molar-refractivity contribution in [2.75, 3.05) is 19.6 Å². The number of hydrogen-bond acceptors (Lipinski definition) is 7. The zero-order valence-corrected chi connectivity index (χ0v) is 20.4. The maximum atomic E-state index is 15.2. The highest BCUT2D eigenvalue weighted by Crippen LogP contribution is 2.66. The summed E-state index contributed by atoms with van der Waals surface area (Å²) in [5.74, 6) is -0.923. The Morgan fingerprint density at radius 2 is 2.17 bits per heavy atom. The number of nitrogens with zero attached hydrogens (tertiary/aromatic N) is 4. The number of nitriles is 1. The highest BCUT2D eigenvalue weighted by molar-refractivity contribution is 8.15. The van der Waals surface area contributed by atoms with Gasteiger partial charge >= 0.3 is 0 Å². The molecular formula is C26H27F2N5OS. The molecule has 0 amide bonds. The first-order chi connectivity index (χ1) is 16.5. The van der Waals surface area contributed by atoms with Gasteiger partial charge in [0.05, 0.1) is 22.4 Å². The molecule has 3 N–H and O–H groups in total. The van der Waals surface area contributed by atoms with Gasteiger partial charge in [0.15, 0.2) is 5.17 Å². The molecule has 182 valence electrons. The fourth-order valence-electron chi connectivity index (χ4n) is 5.50. The van der Waals surface area contributed by atoms with Gasteiger partial charge in [0.1, 0.15) is 17.7 Å². The van der Waals surface area contributed by atoms with E-state index < -0.39 is 22.8 Å². The van der Waals surface area contributed by atoms with Gasteiger partial charge in [-0.3, -0.25) is 14.9 Å². The van der Waals surface area contributed by atoms with Crippen molar-refractivity contribution in [3.8, 4) is 6.07 Å². The van der Waals surface area contributed by atoms with Crippen molar-refractivity contribution >= 4 is 28.8 Å². The summed E-state index contributed by atoms with van der Waals surface area (Å²) < 4.78 is 29.9. The smallest absolute Gasteiger partial charge is 0.155 e. The van der Waals surface area contributed by atoms with Crippen LogP contribution in [0.5, 0.6) is 0 Å². The quantitative estimate of drug-likeness (QED) is 0.649. The zero-order chi connectivity index (χ0) is 25.0. The summed E-state index contributed by atoms with van der Waals surface area (Å²) in [5, 5.41) is 19.7. The second-order valence-electron chi connectivity index (χ2n) is 10.3. The third-order valence-electron chi connectivity index (χ3n) is 7.34. The first-order valence-electron chi connectivity index (χ1n) is 11.6. The molecule has 0 unspecified atom stereocenters. The molecule has 2 aliphatic heterocycles. The predicted octanol–water partition coefficient (Wildman–Crippen LogP) is 4.05. The van der Waals surface area contributed by atoms with Gasteiger partial charge in [0, 0.05) is 42.1 Å².